The van der Waals surface area contributed by atoms with Crippen molar-refractivity contribution in [2.24, 2.45) is 0 Å². The van der Waals surface area contributed by atoms with Crippen LogP contribution in [0.4, 0.5) is 13.2 Å². The number of carbonyl (C=O) groups excluding carboxylic acids is 2. The van der Waals surface area contributed by atoms with Gasteiger partial charge in [0, 0.05) is 25.6 Å². The maximum absolute atomic E-state index is 11.8. The Balaban J connectivity index is 2.32. The number of carbonyl (C=O) groups is 2. The van der Waals surface area contributed by atoms with Crippen molar-refractivity contribution in [1.82, 2.24) is 10.6 Å². The van der Waals surface area contributed by atoms with Crippen LogP contribution in [0, 0.1) is 0 Å². The number of rotatable bonds is 7. The highest BCUT2D eigenvalue weighted by Gasteiger charge is 2.27. The molecular weight excluding hydrogens is 301 g/mol. The van der Waals surface area contributed by atoms with Gasteiger partial charge in [0.1, 0.15) is 6.61 Å². The Morgan fingerprint density at radius 3 is 2.32 bits per heavy atom. The highest BCUT2D eigenvalue weighted by atomic mass is 19.4. The van der Waals surface area contributed by atoms with Gasteiger partial charge in [-0.3, -0.25) is 9.59 Å². The van der Waals surface area contributed by atoms with Crippen LogP contribution in [0.15, 0.2) is 24.3 Å². The van der Waals surface area contributed by atoms with E-state index in [9.17, 15) is 22.8 Å². The molecule has 0 aliphatic heterocycles. The second kappa shape index (κ2) is 8.38. The Kier molecular flexibility index (Phi) is 6.84. The second-order valence-corrected chi connectivity index (χ2v) is 4.53. The maximum Gasteiger partial charge on any atom is 0.411 e. The Hall–Kier alpha value is -2.09. The number of nitrogens with one attached hydrogen (secondary N) is 2. The van der Waals surface area contributed by atoms with E-state index < -0.39 is 18.7 Å². The van der Waals surface area contributed by atoms with Crippen LogP contribution in [0.5, 0.6) is 0 Å². The summed E-state index contributed by atoms with van der Waals surface area (Å²) in [5.41, 5.74) is 1.21. The highest BCUT2D eigenvalue weighted by Crippen LogP contribution is 2.13. The molecule has 0 unspecified atom stereocenters. The van der Waals surface area contributed by atoms with Gasteiger partial charge < -0.3 is 15.4 Å². The summed E-state index contributed by atoms with van der Waals surface area (Å²) in [6.45, 7) is 0.209. The third-order valence-corrected chi connectivity index (χ3v) is 2.56. The summed E-state index contributed by atoms with van der Waals surface area (Å²) >= 11 is 0. The van der Waals surface area contributed by atoms with E-state index in [1.807, 2.05) is 0 Å². The second-order valence-electron chi connectivity index (χ2n) is 4.53. The molecule has 0 radical (unpaired) electrons. The van der Waals surface area contributed by atoms with Gasteiger partial charge in [0.25, 0.3) is 5.91 Å². The third-order valence-electron chi connectivity index (χ3n) is 2.56. The van der Waals surface area contributed by atoms with E-state index in [1.54, 1.807) is 24.3 Å². The van der Waals surface area contributed by atoms with Crippen LogP contribution >= 0.6 is 0 Å². The Bertz CT molecular complexity index is 501. The van der Waals surface area contributed by atoms with Gasteiger partial charge in [-0.2, -0.15) is 13.2 Å². The first kappa shape index (κ1) is 18.0. The highest BCUT2D eigenvalue weighted by molar-refractivity contribution is 5.94. The summed E-state index contributed by atoms with van der Waals surface area (Å²) < 4.78 is 39.8. The van der Waals surface area contributed by atoms with Crippen molar-refractivity contribution in [3.63, 3.8) is 0 Å². The average Bonchev–Trinajstić information content (AvgIpc) is 2.44. The van der Waals surface area contributed by atoms with Gasteiger partial charge in [-0.15, -0.1) is 0 Å². The molecule has 0 bridgehead atoms. The Labute approximate surface area is 125 Å². The quantitative estimate of drug-likeness (QED) is 0.751. The van der Waals surface area contributed by atoms with Crippen molar-refractivity contribution < 1.29 is 27.5 Å². The summed E-state index contributed by atoms with van der Waals surface area (Å²) in [6.07, 6.45) is -4.37. The van der Waals surface area contributed by atoms with Gasteiger partial charge in [-0.1, -0.05) is 12.1 Å². The molecule has 1 aromatic rings. The van der Waals surface area contributed by atoms with Gasteiger partial charge in [0.05, 0.1) is 6.61 Å². The standard InChI is InChI=1S/C14H17F3N2O3/c1-10(20)19-8-11-2-4-12(5-3-11)13(21)18-6-7-22-9-14(15,16)17/h2-5H,6-9H2,1H3,(H,18,21)(H,19,20). The molecule has 5 nitrogen and oxygen atoms in total. The monoisotopic (exact) mass is 318 g/mol. The molecule has 1 rings (SSSR count). The zero-order valence-corrected chi connectivity index (χ0v) is 12.0. The van der Waals surface area contributed by atoms with E-state index in [-0.39, 0.29) is 19.1 Å². The molecule has 2 N–H and O–H groups in total. The van der Waals surface area contributed by atoms with E-state index in [2.05, 4.69) is 15.4 Å². The number of amides is 2. The third kappa shape index (κ3) is 7.63. The average molecular weight is 318 g/mol. The lowest BCUT2D eigenvalue weighted by molar-refractivity contribution is -0.173. The molecule has 0 aromatic heterocycles. The topological polar surface area (TPSA) is 67.4 Å². The lowest BCUT2D eigenvalue weighted by Crippen LogP contribution is -2.28. The van der Waals surface area contributed by atoms with Crippen molar-refractivity contribution in [2.45, 2.75) is 19.6 Å². The number of halogens is 3. The first-order valence-electron chi connectivity index (χ1n) is 6.54. The summed E-state index contributed by atoms with van der Waals surface area (Å²) in [4.78, 5) is 22.5. The van der Waals surface area contributed by atoms with Crippen molar-refractivity contribution >= 4 is 11.8 Å². The fraction of sp³-hybridized carbons (Fsp3) is 0.429. The number of alkyl halides is 3. The van der Waals surface area contributed by atoms with Gasteiger partial charge >= 0.3 is 6.18 Å². The lowest BCUT2D eigenvalue weighted by atomic mass is 10.1. The van der Waals surface area contributed by atoms with Crippen LogP contribution in [-0.2, 0) is 16.1 Å². The SMILES string of the molecule is CC(=O)NCc1ccc(C(=O)NCCOCC(F)(F)F)cc1. The largest absolute Gasteiger partial charge is 0.411 e. The van der Waals surface area contributed by atoms with E-state index in [4.69, 9.17) is 0 Å². The molecular formula is C14H17F3N2O3. The smallest absolute Gasteiger partial charge is 0.370 e. The predicted molar refractivity (Wildman–Crippen MR) is 73.2 cm³/mol. The van der Waals surface area contributed by atoms with Crippen molar-refractivity contribution in [1.29, 1.82) is 0 Å². The molecule has 0 spiro atoms. The zero-order valence-electron chi connectivity index (χ0n) is 12.0. The molecule has 0 heterocycles. The van der Waals surface area contributed by atoms with Crippen molar-refractivity contribution in [3.05, 3.63) is 35.4 Å². The molecule has 2 amide bonds. The molecule has 0 aliphatic rings. The first-order chi connectivity index (χ1) is 10.3. The van der Waals surface area contributed by atoms with Gasteiger partial charge in [0.2, 0.25) is 5.91 Å². The molecule has 122 valence electrons. The summed E-state index contributed by atoms with van der Waals surface area (Å²) in [5.74, 6) is -0.553. The van der Waals surface area contributed by atoms with E-state index in [0.717, 1.165) is 5.56 Å². The zero-order chi connectivity index (χ0) is 16.6. The minimum absolute atomic E-state index is 0.0114. The van der Waals surface area contributed by atoms with Gasteiger partial charge in [-0.05, 0) is 17.7 Å². The molecule has 22 heavy (non-hydrogen) atoms. The number of hydrogen-bond donors (Lipinski definition) is 2. The Morgan fingerprint density at radius 2 is 1.77 bits per heavy atom. The minimum Gasteiger partial charge on any atom is -0.370 e. The molecule has 0 atom stereocenters. The van der Waals surface area contributed by atoms with Crippen molar-refractivity contribution in [2.75, 3.05) is 19.8 Å². The van der Waals surface area contributed by atoms with Crippen LogP contribution in [-0.4, -0.2) is 37.7 Å². The summed E-state index contributed by atoms with van der Waals surface area (Å²) in [5, 5.41) is 5.08. The van der Waals surface area contributed by atoms with Gasteiger partial charge in [-0.25, -0.2) is 0 Å². The molecule has 8 heteroatoms. The van der Waals surface area contributed by atoms with Crippen molar-refractivity contribution in [3.8, 4) is 0 Å². The fourth-order valence-corrected chi connectivity index (χ4v) is 1.53. The van der Waals surface area contributed by atoms with Crippen LogP contribution in [0.1, 0.15) is 22.8 Å². The molecule has 1 aromatic carbocycles. The van der Waals surface area contributed by atoms with Crippen LogP contribution < -0.4 is 10.6 Å². The first-order valence-corrected chi connectivity index (χ1v) is 6.54. The number of hydrogen-bond acceptors (Lipinski definition) is 3. The number of benzene rings is 1. The molecule has 0 saturated carbocycles. The van der Waals surface area contributed by atoms with E-state index >= 15 is 0 Å². The van der Waals surface area contributed by atoms with Crippen LogP contribution in [0.2, 0.25) is 0 Å². The number of ether oxygens (including phenoxy) is 1. The Morgan fingerprint density at radius 1 is 1.14 bits per heavy atom. The molecule has 0 aliphatic carbocycles. The van der Waals surface area contributed by atoms with E-state index in [1.165, 1.54) is 6.92 Å². The lowest BCUT2D eigenvalue weighted by Gasteiger charge is -2.09. The maximum atomic E-state index is 11.8. The minimum atomic E-state index is -4.37. The molecule has 0 saturated heterocycles. The predicted octanol–water partition coefficient (Wildman–Crippen LogP) is 1.63. The normalized spacial score (nSPS) is 11.1. The van der Waals surface area contributed by atoms with Crippen LogP contribution in [0.3, 0.4) is 0 Å². The molecule has 0 fully saturated rings. The fourth-order valence-electron chi connectivity index (χ4n) is 1.53. The van der Waals surface area contributed by atoms with E-state index in [0.29, 0.717) is 12.1 Å². The summed E-state index contributed by atoms with van der Waals surface area (Å²) in [7, 11) is 0. The summed E-state index contributed by atoms with van der Waals surface area (Å²) in [6, 6.07) is 6.52. The van der Waals surface area contributed by atoms with Crippen LogP contribution in [0.25, 0.3) is 0 Å². The van der Waals surface area contributed by atoms with Gasteiger partial charge in [0.15, 0.2) is 0 Å².